The molecule has 3 rings (SSSR count). The first-order valence-corrected chi connectivity index (χ1v) is 8.13. The molecule has 0 spiro atoms. The van der Waals surface area contributed by atoms with Crippen LogP contribution in [0.3, 0.4) is 0 Å². The van der Waals surface area contributed by atoms with E-state index in [1.165, 1.54) is 34.8 Å². The fourth-order valence-corrected chi connectivity index (χ4v) is 3.99. The lowest BCUT2D eigenvalue weighted by molar-refractivity contribution is -0.122. The van der Waals surface area contributed by atoms with E-state index >= 15 is 0 Å². The fraction of sp³-hybridized carbons (Fsp3) is 0.714. The van der Waals surface area contributed by atoms with Crippen LogP contribution in [0.1, 0.15) is 41.3 Å². The third kappa shape index (κ3) is 3.15. The summed E-state index contributed by atoms with van der Waals surface area (Å²) >= 11 is 1.84. The van der Waals surface area contributed by atoms with Gasteiger partial charge in [-0.05, 0) is 45.1 Å². The number of nitrogens with zero attached hydrogens (tertiary/aromatic N) is 1. The second kappa shape index (κ2) is 6.01. The number of aryl methyl sites for hydroxylation is 2. The number of thiazole rings is 1. The lowest BCUT2D eigenvalue weighted by Gasteiger charge is -2.10. The highest BCUT2D eigenvalue weighted by molar-refractivity contribution is 7.11. The summed E-state index contributed by atoms with van der Waals surface area (Å²) in [7, 11) is 0. The predicted octanol–water partition coefficient (Wildman–Crippen LogP) is 1.43. The van der Waals surface area contributed by atoms with Crippen LogP contribution in [0.2, 0.25) is 0 Å². The molecule has 0 radical (unpaired) electrons. The van der Waals surface area contributed by atoms with Crippen molar-refractivity contribution >= 4 is 17.2 Å². The standard InChI is InChI=1S/C14H21N3OS/c18-14(11-5-3-8-15-11)16-9-7-13-17-10-4-1-2-6-12(10)19-13/h11,15H,1-9H2,(H,16,18). The number of aromatic nitrogens is 1. The summed E-state index contributed by atoms with van der Waals surface area (Å²) < 4.78 is 0. The van der Waals surface area contributed by atoms with E-state index in [1.807, 2.05) is 11.3 Å². The normalized spacial score (nSPS) is 22.2. The number of hydrogen-bond donors (Lipinski definition) is 2. The van der Waals surface area contributed by atoms with Gasteiger partial charge >= 0.3 is 0 Å². The number of carbonyl (C=O) groups is 1. The van der Waals surface area contributed by atoms with Gasteiger partial charge in [-0.25, -0.2) is 4.98 Å². The van der Waals surface area contributed by atoms with Crippen molar-refractivity contribution in [3.8, 4) is 0 Å². The van der Waals surface area contributed by atoms with E-state index in [-0.39, 0.29) is 11.9 Å². The molecule has 1 unspecified atom stereocenters. The summed E-state index contributed by atoms with van der Waals surface area (Å²) in [6.45, 7) is 1.68. The number of nitrogens with one attached hydrogen (secondary N) is 2. The smallest absolute Gasteiger partial charge is 0.237 e. The zero-order valence-corrected chi connectivity index (χ0v) is 12.0. The van der Waals surface area contributed by atoms with Crippen molar-refractivity contribution in [2.75, 3.05) is 13.1 Å². The van der Waals surface area contributed by atoms with Crippen LogP contribution in [-0.2, 0) is 24.1 Å². The maximum Gasteiger partial charge on any atom is 0.237 e. The summed E-state index contributed by atoms with van der Waals surface area (Å²) in [4.78, 5) is 18.0. The zero-order chi connectivity index (χ0) is 13.1. The van der Waals surface area contributed by atoms with Gasteiger partial charge in [0.15, 0.2) is 0 Å². The van der Waals surface area contributed by atoms with Crippen LogP contribution >= 0.6 is 11.3 Å². The van der Waals surface area contributed by atoms with Gasteiger partial charge in [0.05, 0.1) is 16.7 Å². The van der Waals surface area contributed by atoms with Crippen molar-refractivity contribution in [1.82, 2.24) is 15.6 Å². The molecule has 0 bridgehead atoms. The topological polar surface area (TPSA) is 54.0 Å². The minimum absolute atomic E-state index is 0.0319. The molecule has 0 saturated carbocycles. The van der Waals surface area contributed by atoms with E-state index in [2.05, 4.69) is 10.6 Å². The first-order valence-electron chi connectivity index (χ1n) is 7.31. The minimum atomic E-state index is 0.0319. The summed E-state index contributed by atoms with van der Waals surface area (Å²) in [5.41, 5.74) is 1.31. The molecule has 1 atom stereocenters. The largest absolute Gasteiger partial charge is 0.354 e. The Kier molecular flexibility index (Phi) is 4.13. The van der Waals surface area contributed by atoms with Crippen LogP contribution in [0.15, 0.2) is 0 Å². The van der Waals surface area contributed by atoms with Crippen molar-refractivity contribution in [3.05, 3.63) is 15.6 Å². The number of carbonyl (C=O) groups excluding carboxylic acids is 1. The molecule has 1 aliphatic heterocycles. The van der Waals surface area contributed by atoms with Crippen molar-refractivity contribution in [1.29, 1.82) is 0 Å². The summed E-state index contributed by atoms with van der Waals surface area (Å²) in [6, 6.07) is 0.0319. The monoisotopic (exact) mass is 279 g/mol. The average Bonchev–Trinajstić information content (AvgIpc) is 3.07. The highest BCUT2D eigenvalue weighted by Gasteiger charge is 2.21. The quantitative estimate of drug-likeness (QED) is 0.877. The number of hydrogen-bond acceptors (Lipinski definition) is 4. The molecule has 2 N–H and O–H groups in total. The van der Waals surface area contributed by atoms with Crippen molar-refractivity contribution in [2.24, 2.45) is 0 Å². The van der Waals surface area contributed by atoms with Gasteiger partial charge in [-0.1, -0.05) is 0 Å². The Morgan fingerprint density at radius 1 is 1.37 bits per heavy atom. The van der Waals surface area contributed by atoms with Gasteiger partial charge in [0.1, 0.15) is 0 Å². The summed E-state index contributed by atoms with van der Waals surface area (Å²) in [6.07, 6.45) is 7.87. The van der Waals surface area contributed by atoms with Crippen LogP contribution in [0.5, 0.6) is 0 Å². The third-order valence-corrected chi connectivity index (χ3v) is 5.12. The second-order valence-electron chi connectivity index (χ2n) is 5.37. The van der Waals surface area contributed by atoms with Gasteiger partial charge < -0.3 is 10.6 Å². The van der Waals surface area contributed by atoms with Gasteiger partial charge in [-0.3, -0.25) is 4.79 Å². The average molecular weight is 279 g/mol. The highest BCUT2D eigenvalue weighted by atomic mass is 32.1. The predicted molar refractivity (Wildman–Crippen MR) is 76.5 cm³/mol. The van der Waals surface area contributed by atoms with Crippen LogP contribution in [0.4, 0.5) is 0 Å². The second-order valence-corrected chi connectivity index (χ2v) is 6.54. The SMILES string of the molecule is O=C(NCCc1nc2c(s1)CCCC2)C1CCCN1. The molecule has 2 aliphatic rings. The summed E-state index contributed by atoms with van der Waals surface area (Å²) in [5, 5.41) is 7.43. The molecular weight excluding hydrogens is 258 g/mol. The number of amides is 1. The lowest BCUT2D eigenvalue weighted by Crippen LogP contribution is -2.41. The van der Waals surface area contributed by atoms with E-state index in [0.29, 0.717) is 6.54 Å². The van der Waals surface area contributed by atoms with E-state index in [9.17, 15) is 4.79 Å². The highest BCUT2D eigenvalue weighted by Crippen LogP contribution is 2.26. The molecule has 1 fully saturated rings. The molecule has 1 aromatic rings. The van der Waals surface area contributed by atoms with Gasteiger partial charge in [-0.15, -0.1) is 11.3 Å². The van der Waals surface area contributed by atoms with Crippen molar-refractivity contribution in [3.63, 3.8) is 0 Å². The van der Waals surface area contributed by atoms with Crippen LogP contribution in [-0.4, -0.2) is 30.0 Å². The fourth-order valence-electron chi connectivity index (χ4n) is 2.84. The van der Waals surface area contributed by atoms with Crippen LogP contribution in [0.25, 0.3) is 0 Å². The molecule has 5 heteroatoms. The van der Waals surface area contributed by atoms with Gasteiger partial charge in [0, 0.05) is 17.8 Å². The molecule has 2 heterocycles. The molecule has 19 heavy (non-hydrogen) atoms. The van der Waals surface area contributed by atoms with E-state index in [4.69, 9.17) is 4.98 Å². The van der Waals surface area contributed by atoms with Crippen molar-refractivity contribution < 1.29 is 4.79 Å². The Labute approximate surface area is 118 Å². The molecule has 4 nitrogen and oxygen atoms in total. The zero-order valence-electron chi connectivity index (χ0n) is 11.2. The summed E-state index contributed by atoms with van der Waals surface area (Å²) in [5.74, 6) is 0.152. The first-order chi connectivity index (χ1) is 9.33. The van der Waals surface area contributed by atoms with Crippen molar-refractivity contribution in [2.45, 2.75) is 51.0 Å². The Morgan fingerprint density at radius 2 is 2.26 bits per heavy atom. The molecule has 0 aromatic carbocycles. The van der Waals surface area contributed by atoms with Crippen LogP contribution in [0, 0.1) is 0 Å². The van der Waals surface area contributed by atoms with E-state index in [1.54, 1.807) is 0 Å². The molecule has 1 amide bonds. The Balaban J connectivity index is 1.46. The Hall–Kier alpha value is -0.940. The lowest BCUT2D eigenvalue weighted by atomic mass is 10.0. The van der Waals surface area contributed by atoms with Gasteiger partial charge in [0.25, 0.3) is 0 Å². The third-order valence-electron chi connectivity index (χ3n) is 3.90. The minimum Gasteiger partial charge on any atom is -0.354 e. The molecule has 104 valence electrons. The molecule has 1 aromatic heterocycles. The maximum absolute atomic E-state index is 11.8. The first kappa shape index (κ1) is 13.1. The maximum atomic E-state index is 11.8. The van der Waals surface area contributed by atoms with E-state index < -0.39 is 0 Å². The molecule has 1 aliphatic carbocycles. The number of fused-ring (bicyclic) bond motifs is 1. The Morgan fingerprint density at radius 3 is 3.05 bits per heavy atom. The van der Waals surface area contributed by atoms with E-state index in [0.717, 1.165) is 32.2 Å². The molecule has 1 saturated heterocycles. The van der Waals surface area contributed by atoms with Gasteiger partial charge in [0.2, 0.25) is 5.91 Å². The molecular formula is C14H21N3OS. The number of rotatable bonds is 4. The van der Waals surface area contributed by atoms with Gasteiger partial charge in [-0.2, -0.15) is 0 Å². The Bertz CT molecular complexity index is 428. The van der Waals surface area contributed by atoms with Crippen LogP contribution < -0.4 is 10.6 Å².